The van der Waals surface area contributed by atoms with Crippen LogP contribution in [0.4, 0.5) is 0 Å². The molecule has 1 rings (SSSR count). The van der Waals surface area contributed by atoms with Gasteiger partial charge in [0.15, 0.2) is 0 Å². The lowest BCUT2D eigenvalue weighted by Crippen LogP contribution is -2.11. The third-order valence-corrected chi connectivity index (χ3v) is 1.38. The SMILES string of the molecule is Cc1nc(C)n(CCON)n1. The average Bonchev–Trinajstić information content (AvgIpc) is 2.26. The predicted molar refractivity (Wildman–Crippen MR) is 39.6 cm³/mol. The van der Waals surface area contributed by atoms with Crippen LogP contribution in [0, 0.1) is 13.8 Å². The van der Waals surface area contributed by atoms with Gasteiger partial charge in [-0.25, -0.2) is 15.6 Å². The maximum Gasteiger partial charge on any atom is 0.147 e. The topological polar surface area (TPSA) is 66.0 Å². The number of rotatable bonds is 3. The molecule has 0 spiro atoms. The Morgan fingerprint density at radius 2 is 2.27 bits per heavy atom. The molecule has 0 saturated heterocycles. The van der Waals surface area contributed by atoms with E-state index in [-0.39, 0.29) is 0 Å². The molecule has 0 aliphatic heterocycles. The highest BCUT2D eigenvalue weighted by Gasteiger charge is 2.00. The minimum atomic E-state index is 0.462. The number of nitrogens with two attached hydrogens (primary N) is 1. The molecule has 0 bridgehead atoms. The summed E-state index contributed by atoms with van der Waals surface area (Å²) in [6.45, 7) is 4.87. The number of aromatic nitrogens is 3. The van der Waals surface area contributed by atoms with Gasteiger partial charge in [0.25, 0.3) is 0 Å². The van der Waals surface area contributed by atoms with Crippen LogP contribution in [-0.2, 0) is 11.4 Å². The standard InChI is InChI=1S/C6H12N4O/c1-5-8-6(2)10(9-5)3-4-11-7/h3-4,7H2,1-2H3. The minimum Gasteiger partial charge on any atom is -0.303 e. The summed E-state index contributed by atoms with van der Waals surface area (Å²) in [6.07, 6.45) is 0. The molecule has 0 saturated carbocycles. The molecule has 1 aromatic rings. The lowest BCUT2D eigenvalue weighted by molar-refractivity contribution is 0.126. The van der Waals surface area contributed by atoms with Gasteiger partial charge < -0.3 is 4.84 Å². The third-order valence-electron chi connectivity index (χ3n) is 1.38. The van der Waals surface area contributed by atoms with Crippen LogP contribution < -0.4 is 5.90 Å². The van der Waals surface area contributed by atoms with Crippen molar-refractivity contribution in [1.82, 2.24) is 14.8 Å². The van der Waals surface area contributed by atoms with E-state index in [1.165, 1.54) is 0 Å². The zero-order valence-electron chi connectivity index (χ0n) is 6.74. The molecule has 0 amide bonds. The fourth-order valence-electron chi connectivity index (χ4n) is 0.912. The van der Waals surface area contributed by atoms with E-state index in [0.29, 0.717) is 13.2 Å². The van der Waals surface area contributed by atoms with Crippen molar-refractivity contribution in [3.63, 3.8) is 0 Å². The zero-order chi connectivity index (χ0) is 8.27. The molecule has 0 radical (unpaired) electrons. The minimum absolute atomic E-state index is 0.462. The van der Waals surface area contributed by atoms with Crippen molar-refractivity contribution >= 4 is 0 Å². The summed E-state index contributed by atoms with van der Waals surface area (Å²) < 4.78 is 1.77. The van der Waals surface area contributed by atoms with Crippen LogP contribution in [-0.4, -0.2) is 21.4 Å². The van der Waals surface area contributed by atoms with Crippen LogP contribution in [0.15, 0.2) is 0 Å². The molecule has 11 heavy (non-hydrogen) atoms. The molecular weight excluding hydrogens is 144 g/mol. The highest BCUT2D eigenvalue weighted by atomic mass is 16.6. The van der Waals surface area contributed by atoms with E-state index in [0.717, 1.165) is 11.6 Å². The van der Waals surface area contributed by atoms with E-state index in [2.05, 4.69) is 14.9 Å². The highest BCUT2D eigenvalue weighted by Crippen LogP contribution is 1.94. The monoisotopic (exact) mass is 156 g/mol. The number of aryl methyl sites for hydroxylation is 2. The Morgan fingerprint density at radius 1 is 1.55 bits per heavy atom. The Morgan fingerprint density at radius 3 is 2.73 bits per heavy atom. The first-order valence-electron chi connectivity index (χ1n) is 3.44. The molecule has 2 N–H and O–H groups in total. The maximum absolute atomic E-state index is 4.87. The van der Waals surface area contributed by atoms with Crippen LogP contribution in [0.1, 0.15) is 11.6 Å². The summed E-state index contributed by atoms with van der Waals surface area (Å²) in [6, 6.07) is 0. The van der Waals surface area contributed by atoms with Crippen molar-refractivity contribution in [2.45, 2.75) is 20.4 Å². The number of hydrogen-bond donors (Lipinski definition) is 1. The van der Waals surface area contributed by atoms with Gasteiger partial charge in [-0.15, -0.1) is 0 Å². The number of nitrogens with zero attached hydrogens (tertiary/aromatic N) is 3. The molecular formula is C6H12N4O. The zero-order valence-corrected chi connectivity index (χ0v) is 6.74. The van der Waals surface area contributed by atoms with Crippen molar-refractivity contribution in [2.75, 3.05) is 6.61 Å². The van der Waals surface area contributed by atoms with E-state index in [1.54, 1.807) is 4.68 Å². The Kier molecular flexibility index (Phi) is 2.56. The second-order valence-corrected chi connectivity index (χ2v) is 2.30. The van der Waals surface area contributed by atoms with Gasteiger partial charge >= 0.3 is 0 Å². The summed E-state index contributed by atoms with van der Waals surface area (Å²) in [5.41, 5.74) is 0. The summed E-state index contributed by atoms with van der Waals surface area (Å²) in [5.74, 6) is 6.54. The van der Waals surface area contributed by atoms with Gasteiger partial charge in [0.1, 0.15) is 11.6 Å². The third kappa shape index (κ3) is 1.99. The molecule has 5 heteroatoms. The lowest BCUT2D eigenvalue weighted by Gasteiger charge is -1.99. The van der Waals surface area contributed by atoms with Gasteiger partial charge in [0.05, 0.1) is 13.2 Å². The van der Waals surface area contributed by atoms with E-state index >= 15 is 0 Å². The second kappa shape index (κ2) is 3.45. The normalized spacial score (nSPS) is 10.5. The molecule has 0 unspecified atom stereocenters. The Balaban J connectivity index is 2.62. The van der Waals surface area contributed by atoms with Gasteiger partial charge in [0, 0.05) is 0 Å². The van der Waals surface area contributed by atoms with Crippen LogP contribution in [0.3, 0.4) is 0 Å². The van der Waals surface area contributed by atoms with Crippen molar-refractivity contribution in [1.29, 1.82) is 0 Å². The Hall–Kier alpha value is -0.940. The molecule has 0 aliphatic rings. The molecule has 0 aliphatic carbocycles. The Bertz CT molecular complexity index is 232. The highest BCUT2D eigenvalue weighted by molar-refractivity contribution is 4.87. The van der Waals surface area contributed by atoms with Crippen molar-refractivity contribution in [3.8, 4) is 0 Å². The summed E-state index contributed by atoms with van der Waals surface area (Å²) in [4.78, 5) is 8.54. The van der Waals surface area contributed by atoms with Crippen LogP contribution in [0.5, 0.6) is 0 Å². The molecule has 1 heterocycles. The fourth-order valence-corrected chi connectivity index (χ4v) is 0.912. The first-order valence-corrected chi connectivity index (χ1v) is 3.44. The van der Waals surface area contributed by atoms with E-state index in [1.807, 2.05) is 13.8 Å². The van der Waals surface area contributed by atoms with Crippen molar-refractivity contribution in [2.24, 2.45) is 5.90 Å². The smallest absolute Gasteiger partial charge is 0.147 e. The van der Waals surface area contributed by atoms with E-state index < -0.39 is 0 Å². The van der Waals surface area contributed by atoms with Crippen molar-refractivity contribution in [3.05, 3.63) is 11.6 Å². The second-order valence-electron chi connectivity index (χ2n) is 2.30. The van der Waals surface area contributed by atoms with Gasteiger partial charge in [-0.1, -0.05) is 0 Å². The van der Waals surface area contributed by atoms with E-state index in [4.69, 9.17) is 5.90 Å². The summed E-state index contributed by atoms with van der Waals surface area (Å²) in [7, 11) is 0. The van der Waals surface area contributed by atoms with Crippen LogP contribution in [0.25, 0.3) is 0 Å². The molecule has 0 fully saturated rings. The summed E-state index contributed by atoms with van der Waals surface area (Å²) >= 11 is 0. The first-order chi connectivity index (χ1) is 5.24. The molecule has 0 atom stereocenters. The number of hydrogen-bond acceptors (Lipinski definition) is 4. The predicted octanol–water partition coefficient (Wildman–Crippen LogP) is -0.215. The average molecular weight is 156 g/mol. The molecule has 62 valence electrons. The van der Waals surface area contributed by atoms with Gasteiger partial charge in [-0.2, -0.15) is 5.10 Å². The lowest BCUT2D eigenvalue weighted by atomic mass is 10.6. The first kappa shape index (κ1) is 8.16. The summed E-state index contributed by atoms with van der Waals surface area (Å²) in [5, 5.41) is 4.12. The van der Waals surface area contributed by atoms with Gasteiger partial charge in [0.2, 0.25) is 0 Å². The quantitative estimate of drug-likeness (QED) is 0.615. The fraction of sp³-hybridized carbons (Fsp3) is 0.667. The maximum atomic E-state index is 4.87. The molecule has 0 aromatic carbocycles. The van der Waals surface area contributed by atoms with Gasteiger partial charge in [-0.05, 0) is 13.8 Å². The van der Waals surface area contributed by atoms with Crippen LogP contribution >= 0.6 is 0 Å². The Labute approximate surface area is 65.1 Å². The van der Waals surface area contributed by atoms with Crippen molar-refractivity contribution < 1.29 is 4.84 Å². The molecule has 1 aromatic heterocycles. The van der Waals surface area contributed by atoms with Crippen LogP contribution in [0.2, 0.25) is 0 Å². The largest absolute Gasteiger partial charge is 0.303 e. The molecule has 5 nitrogen and oxygen atoms in total. The van der Waals surface area contributed by atoms with E-state index in [9.17, 15) is 0 Å². The van der Waals surface area contributed by atoms with Gasteiger partial charge in [-0.3, -0.25) is 0 Å².